The SMILES string of the molecule is C#Cc1ccc2c(cnn2C(=O)O)c1. The monoisotopic (exact) mass is 186 g/mol. The Balaban J connectivity index is 2.73. The fourth-order valence-corrected chi connectivity index (χ4v) is 1.28. The lowest BCUT2D eigenvalue weighted by molar-refractivity contribution is 0.194. The molecule has 0 aliphatic carbocycles. The van der Waals surface area contributed by atoms with Crippen LogP contribution in [-0.2, 0) is 0 Å². The molecule has 0 unspecified atom stereocenters. The third-order valence-electron chi connectivity index (χ3n) is 1.92. The van der Waals surface area contributed by atoms with Crippen LogP contribution < -0.4 is 0 Å². The van der Waals surface area contributed by atoms with Crippen LogP contribution in [0.1, 0.15) is 5.56 Å². The fourth-order valence-electron chi connectivity index (χ4n) is 1.28. The van der Waals surface area contributed by atoms with Crippen LogP contribution in [0.15, 0.2) is 24.4 Å². The first-order valence-corrected chi connectivity index (χ1v) is 3.90. The summed E-state index contributed by atoms with van der Waals surface area (Å²) in [6, 6.07) is 5.05. The molecule has 0 amide bonds. The van der Waals surface area contributed by atoms with Crippen LogP contribution in [0.4, 0.5) is 4.79 Å². The minimum Gasteiger partial charge on any atom is -0.463 e. The second-order valence-corrected chi connectivity index (χ2v) is 2.76. The number of terminal acetylenes is 1. The predicted octanol–water partition coefficient (Wildman–Crippen LogP) is 1.54. The molecule has 0 fully saturated rings. The summed E-state index contributed by atoms with van der Waals surface area (Å²) in [4.78, 5) is 10.7. The van der Waals surface area contributed by atoms with Gasteiger partial charge in [-0.15, -0.1) is 6.42 Å². The third kappa shape index (κ3) is 1.12. The van der Waals surface area contributed by atoms with E-state index in [1.165, 1.54) is 6.20 Å². The Morgan fingerprint density at radius 2 is 2.36 bits per heavy atom. The number of hydrogen-bond acceptors (Lipinski definition) is 2. The van der Waals surface area contributed by atoms with E-state index in [2.05, 4.69) is 11.0 Å². The molecule has 2 aromatic rings. The molecule has 1 aromatic heterocycles. The zero-order valence-electron chi connectivity index (χ0n) is 7.14. The van der Waals surface area contributed by atoms with Gasteiger partial charge in [-0.2, -0.15) is 9.78 Å². The molecular weight excluding hydrogens is 180 g/mol. The normalized spacial score (nSPS) is 9.93. The molecule has 4 nitrogen and oxygen atoms in total. The van der Waals surface area contributed by atoms with Crippen molar-refractivity contribution >= 4 is 17.0 Å². The molecule has 0 atom stereocenters. The van der Waals surface area contributed by atoms with E-state index in [1.807, 2.05) is 0 Å². The van der Waals surface area contributed by atoms with Gasteiger partial charge in [-0.3, -0.25) is 0 Å². The van der Waals surface area contributed by atoms with Crippen molar-refractivity contribution in [2.75, 3.05) is 0 Å². The molecule has 0 aliphatic heterocycles. The average molecular weight is 186 g/mol. The minimum atomic E-state index is -1.10. The highest BCUT2D eigenvalue weighted by atomic mass is 16.4. The first-order valence-electron chi connectivity index (χ1n) is 3.90. The Kier molecular flexibility index (Phi) is 1.72. The second kappa shape index (κ2) is 2.89. The average Bonchev–Trinajstić information content (AvgIpc) is 2.59. The lowest BCUT2D eigenvalue weighted by Gasteiger charge is -1.95. The van der Waals surface area contributed by atoms with Crippen LogP contribution in [0.2, 0.25) is 0 Å². The van der Waals surface area contributed by atoms with E-state index in [1.54, 1.807) is 18.2 Å². The molecule has 2 rings (SSSR count). The maximum Gasteiger partial charge on any atom is 0.432 e. The van der Waals surface area contributed by atoms with Crippen LogP contribution in [0.3, 0.4) is 0 Å². The predicted molar refractivity (Wildman–Crippen MR) is 51.1 cm³/mol. The summed E-state index contributed by atoms with van der Waals surface area (Å²) >= 11 is 0. The number of carboxylic acid groups (broad SMARTS) is 1. The van der Waals surface area contributed by atoms with Gasteiger partial charge < -0.3 is 5.11 Å². The fraction of sp³-hybridized carbons (Fsp3) is 0. The van der Waals surface area contributed by atoms with Gasteiger partial charge in [-0.25, -0.2) is 4.79 Å². The smallest absolute Gasteiger partial charge is 0.432 e. The van der Waals surface area contributed by atoms with Crippen molar-refractivity contribution in [3.63, 3.8) is 0 Å². The second-order valence-electron chi connectivity index (χ2n) is 2.76. The van der Waals surface area contributed by atoms with Gasteiger partial charge in [0.2, 0.25) is 0 Å². The number of hydrogen-bond donors (Lipinski definition) is 1. The largest absolute Gasteiger partial charge is 0.463 e. The summed E-state index contributed by atoms with van der Waals surface area (Å²) in [5.74, 6) is 2.47. The lowest BCUT2D eigenvalue weighted by atomic mass is 10.2. The van der Waals surface area contributed by atoms with Crippen LogP contribution in [0, 0.1) is 12.3 Å². The third-order valence-corrected chi connectivity index (χ3v) is 1.92. The molecular formula is C10H6N2O2. The van der Waals surface area contributed by atoms with Gasteiger partial charge in [0.1, 0.15) is 0 Å². The van der Waals surface area contributed by atoms with Gasteiger partial charge in [-0.05, 0) is 18.2 Å². The van der Waals surface area contributed by atoms with E-state index in [-0.39, 0.29) is 0 Å². The van der Waals surface area contributed by atoms with Crippen molar-refractivity contribution in [2.45, 2.75) is 0 Å². The number of aromatic nitrogens is 2. The van der Waals surface area contributed by atoms with Crippen molar-refractivity contribution in [2.24, 2.45) is 0 Å². The lowest BCUT2D eigenvalue weighted by Crippen LogP contribution is -2.08. The van der Waals surface area contributed by atoms with E-state index >= 15 is 0 Å². The summed E-state index contributed by atoms with van der Waals surface area (Å²) < 4.78 is 0.912. The van der Waals surface area contributed by atoms with E-state index in [9.17, 15) is 4.79 Å². The van der Waals surface area contributed by atoms with Crippen LogP contribution in [0.5, 0.6) is 0 Å². The first kappa shape index (κ1) is 8.32. The first-order chi connectivity index (χ1) is 6.72. The van der Waals surface area contributed by atoms with Gasteiger partial charge in [0.15, 0.2) is 0 Å². The topological polar surface area (TPSA) is 55.1 Å². The molecule has 0 saturated heterocycles. The summed E-state index contributed by atoms with van der Waals surface area (Å²) in [7, 11) is 0. The summed E-state index contributed by atoms with van der Waals surface area (Å²) in [6.45, 7) is 0. The van der Waals surface area contributed by atoms with E-state index < -0.39 is 6.09 Å². The highest BCUT2D eigenvalue weighted by molar-refractivity contribution is 5.87. The Labute approximate surface area is 79.8 Å². The number of fused-ring (bicyclic) bond motifs is 1. The van der Waals surface area contributed by atoms with Crippen molar-refractivity contribution in [1.29, 1.82) is 0 Å². The highest BCUT2D eigenvalue weighted by Crippen LogP contribution is 2.14. The standard InChI is InChI=1S/C10H6N2O2/c1-2-7-3-4-9-8(5-7)6-11-12(9)10(13)14/h1,3-6H,(H,13,14). The maximum absolute atomic E-state index is 10.7. The van der Waals surface area contributed by atoms with Gasteiger partial charge in [0.05, 0.1) is 11.7 Å². The zero-order chi connectivity index (χ0) is 10.1. The molecule has 4 heteroatoms. The van der Waals surface area contributed by atoms with Gasteiger partial charge in [-0.1, -0.05) is 5.92 Å². The Morgan fingerprint density at radius 3 is 3.00 bits per heavy atom. The Hall–Kier alpha value is -2.28. The quantitative estimate of drug-likeness (QED) is 0.635. The molecule has 1 aromatic carbocycles. The van der Waals surface area contributed by atoms with Crippen LogP contribution >= 0.6 is 0 Å². The van der Waals surface area contributed by atoms with E-state index in [0.29, 0.717) is 11.1 Å². The van der Waals surface area contributed by atoms with Crippen molar-refractivity contribution in [3.05, 3.63) is 30.0 Å². The molecule has 1 heterocycles. The molecule has 0 spiro atoms. The number of rotatable bonds is 0. The number of carbonyl (C=O) groups is 1. The molecule has 0 saturated carbocycles. The van der Waals surface area contributed by atoms with Crippen molar-refractivity contribution in [1.82, 2.24) is 9.78 Å². The molecule has 0 aliphatic rings. The van der Waals surface area contributed by atoms with Crippen molar-refractivity contribution in [3.8, 4) is 12.3 Å². The van der Waals surface area contributed by atoms with Crippen LogP contribution in [-0.4, -0.2) is 21.0 Å². The summed E-state index contributed by atoms with van der Waals surface area (Å²) in [6.07, 6.45) is 5.59. The van der Waals surface area contributed by atoms with Gasteiger partial charge >= 0.3 is 6.09 Å². The molecule has 0 bridgehead atoms. The molecule has 14 heavy (non-hydrogen) atoms. The molecule has 1 N–H and O–H groups in total. The Bertz CT molecular complexity index is 549. The number of nitrogens with zero attached hydrogens (tertiary/aromatic N) is 2. The Morgan fingerprint density at radius 1 is 1.57 bits per heavy atom. The van der Waals surface area contributed by atoms with E-state index in [4.69, 9.17) is 11.5 Å². The van der Waals surface area contributed by atoms with Gasteiger partial charge in [0.25, 0.3) is 0 Å². The maximum atomic E-state index is 10.7. The molecule has 0 radical (unpaired) electrons. The molecule has 68 valence electrons. The summed E-state index contributed by atoms with van der Waals surface area (Å²) in [5, 5.41) is 13.2. The number of benzene rings is 1. The summed E-state index contributed by atoms with van der Waals surface area (Å²) in [5.41, 5.74) is 1.25. The highest BCUT2D eigenvalue weighted by Gasteiger charge is 2.07. The van der Waals surface area contributed by atoms with Crippen molar-refractivity contribution < 1.29 is 9.90 Å². The van der Waals surface area contributed by atoms with Crippen LogP contribution in [0.25, 0.3) is 10.9 Å². The zero-order valence-corrected chi connectivity index (χ0v) is 7.14. The van der Waals surface area contributed by atoms with E-state index in [0.717, 1.165) is 10.1 Å². The van der Waals surface area contributed by atoms with Gasteiger partial charge in [0, 0.05) is 10.9 Å². The minimum absolute atomic E-state index is 0.538.